The fraction of sp³-hybridized carbons (Fsp3) is 0.667. The highest BCUT2D eigenvalue weighted by Gasteiger charge is 2.37. The Kier molecular flexibility index (Phi) is 4.05. The molecule has 1 aromatic heterocycles. The van der Waals surface area contributed by atoms with E-state index in [1.807, 2.05) is 0 Å². The normalized spacial score (nSPS) is 20.9. The van der Waals surface area contributed by atoms with Crippen LogP contribution in [0.1, 0.15) is 38.4 Å². The first-order chi connectivity index (χ1) is 8.96. The molecule has 1 unspecified atom stereocenters. The average molecular weight is 284 g/mol. The fourth-order valence-electron chi connectivity index (χ4n) is 2.27. The number of hydrogen-bond donors (Lipinski definition) is 1. The van der Waals surface area contributed by atoms with Gasteiger partial charge in [0.25, 0.3) is 0 Å². The molecule has 0 bridgehead atoms. The number of rotatable bonds is 4. The molecule has 1 fully saturated rings. The Bertz CT molecular complexity index is 544. The van der Waals surface area contributed by atoms with E-state index in [-0.39, 0.29) is 6.04 Å². The smallest absolute Gasteiger partial charge is 0.217 e. The second-order valence-electron chi connectivity index (χ2n) is 4.94. The summed E-state index contributed by atoms with van der Waals surface area (Å²) in [6, 6.07) is -0.187. The van der Waals surface area contributed by atoms with E-state index in [1.54, 1.807) is 37.6 Å². The largest absolute Gasteiger partial charge is 0.372 e. The van der Waals surface area contributed by atoms with Crippen molar-refractivity contribution < 1.29 is 8.42 Å². The lowest BCUT2D eigenvalue weighted by molar-refractivity contribution is 0.385. The molecule has 7 heteroatoms. The van der Waals surface area contributed by atoms with Crippen LogP contribution >= 0.6 is 0 Å². The Labute approximate surface area is 114 Å². The minimum Gasteiger partial charge on any atom is -0.372 e. The number of nitrogens with zero attached hydrogens (tertiary/aromatic N) is 3. The highest BCUT2D eigenvalue weighted by atomic mass is 32.2. The highest BCUT2D eigenvalue weighted by molar-refractivity contribution is 7.89. The van der Waals surface area contributed by atoms with Crippen LogP contribution in [0, 0.1) is 0 Å². The standard InChI is InChI=1S/C12H20N4O2S/c1-9(2)19(17,18)16-6-4-5-11(16)10-7-14-8-12(13-3)15-10/h7-9,11H,4-6H2,1-3H3,(H,13,15). The minimum atomic E-state index is -3.25. The lowest BCUT2D eigenvalue weighted by atomic mass is 10.2. The van der Waals surface area contributed by atoms with E-state index >= 15 is 0 Å². The van der Waals surface area contributed by atoms with Gasteiger partial charge in [0.1, 0.15) is 5.82 Å². The van der Waals surface area contributed by atoms with E-state index in [4.69, 9.17) is 0 Å². The molecule has 6 nitrogen and oxygen atoms in total. The zero-order valence-corrected chi connectivity index (χ0v) is 12.3. The van der Waals surface area contributed by atoms with Crippen molar-refractivity contribution in [3.05, 3.63) is 18.1 Å². The molecule has 0 radical (unpaired) electrons. The van der Waals surface area contributed by atoms with Crippen LogP contribution in [0.15, 0.2) is 12.4 Å². The first-order valence-electron chi connectivity index (χ1n) is 6.47. The summed E-state index contributed by atoms with van der Waals surface area (Å²) in [5, 5.41) is 2.52. The van der Waals surface area contributed by atoms with Crippen LogP contribution < -0.4 is 5.32 Å². The van der Waals surface area contributed by atoms with E-state index in [1.165, 1.54) is 0 Å². The second-order valence-corrected chi connectivity index (χ2v) is 7.38. The summed E-state index contributed by atoms with van der Waals surface area (Å²) in [7, 11) is -1.48. The van der Waals surface area contributed by atoms with Gasteiger partial charge < -0.3 is 5.32 Å². The van der Waals surface area contributed by atoms with Crippen molar-refractivity contribution in [1.82, 2.24) is 14.3 Å². The molecule has 106 valence electrons. The monoisotopic (exact) mass is 284 g/mol. The van der Waals surface area contributed by atoms with Crippen LogP contribution in [0.3, 0.4) is 0 Å². The molecule has 1 N–H and O–H groups in total. The molecule has 0 amide bonds. The van der Waals surface area contributed by atoms with E-state index in [9.17, 15) is 8.42 Å². The van der Waals surface area contributed by atoms with Crippen molar-refractivity contribution in [2.75, 3.05) is 18.9 Å². The molecule has 19 heavy (non-hydrogen) atoms. The topological polar surface area (TPSA) is 75.2 Å². The molecule has 1 aromatic rings. The molecule has 0 saturated carbocycles. The zero-order chi connectivity index (χ0) is 14.0. The van der Waals surface area contributed by atoms with Gasteiger partial charge in [-0.25, -0.2) is 13.4 Å². The number of hydrogen-bond acceptors (Lipinski definition) is 5. The van der Waals surface area contributed by atoms with Crippen LogP contribution in [-0.2, 0) is 10.0 Å². The van der Waals surface area contributed by atoms with Crippen LogP contribution in [0.25, 0.3) is 0 Å². The van der Waals surface area contributed by atoms with E-state index in [0.717, 1.165) is 12.8 Å². The molecule has 2 heterocycles. The third kappa shape index (κ3) is 2.71. The molecule has 0 spiro atoms. The fourth-order valence-corrected chi connectivity index (χ4v) is 3.77. The number of anilines is 1. The molecule has 2 rings (SSSR count). The van der Waals surface area contributed by atoms with Crippen molar-refractivity contribution in [1.29, 1.82) is 0 Å². The van der Waals surface area contributed by atoms with Gasteiger partial charge in [0, 0.05) is 13.6 Å². The van der Waals surface area contributed by atoms with E-state index in [2.05, 4.69) is 15.3 Å². The maximum atomic E-state index is 12.3. The van der Waals surface area contributed by atoms with Crippen LogP contribution in [-0.4, -0.2) is 41.5 Å². The maximum Gasteiger partial charge on any atom is 0.217 e. The Morgan fingerprint density at radius 3 is 2.79 bits per heavy atom. The second kappa shape index (κ2) is 5.42. The van der Waals surface area contributed by atoms with Gasteiger partial charge >= 0.3 is 0 Å². The molecular formula is C12H20N4O2S. The van der Waals surface area contributed by atoms with Crippen molar-refractivity contribution in [2.45, 2.75) is 38.0 Å². The summed E-state index contributed by atoms with van der Waals surface area (Å²) in [5.74, 6) is 0.659. The molecule has 0 aromatic carbocycles. The van der Waals surface area contributed by atoms with Gasteiger partial charge in [0.2, 0.25) is 10.0 Å². The quantitative estimate of drug-likeness (QED) is 0.904. The lowest BCUT2D eigenvalue weighted by Crippen LogP contribution is -2.36. The van der Waals surface area contributed by atoms with Crippen molar-refractivity contribution >= 4 is 15.8 Å². The third-order valence-electron chi connectivity index (χ3n) is 3.38. The molecule has 1 aliphatic rings. The molecule has 1 saturated heterocycles. The predicted octanol–water partition coefficient (Wildman–Crippen LogP) is 1.39. The first-order valence-corrected chi connectivity index (χ1v) is 7.97. The van der Waals surface area contributed by atoms with Crippen molar-refractivity contribution in [3.8, 4) is 0 Å². The SMILES string of the molecule is CNc1cncc(C2CCCN2S(=O)(=O)C(C)C)n1. The summed E-state index contributed by atoms with van der Waals surface area (Å²) in [6.07, 6.45) is 4.94. The maximum absolute atomic E-state index is 12.3. The Morgan fingerprint density at radius 1 is 1.42 bits per heavy atom. The average Bonchev–Trinajstić information content (AvgIpc) is 2.88. The summed E-state index contributed by atoms with van der Waals surface area (Å²) >= 11 is 0. The molecular weight excluding hydrogens is 264 g/mol. The number of sulfonamides is 1. The Hall–Kier alpha value is -1.21. The number of aromatic nitrogens is 2. The lowest BCUT2D eigenvalue weighted by Gasteiger charge is -2.25. The van der Waals surface area contributed by atoms with Crippen LogP contribution in [0.5, 0.6) is 0 Å². The van der Waals surface area contributed by atoms with Gasteiger partial charge in [-0.05, 0) is 26.7 Å². The van der Waals surface area contributed by atoms with Gasteiger partial charge in [-0.15, -0.1) is 0 Å². The zero-order valence-electron chi connectivity index (χ0n) is 11.5. The summed E-state index contributed by atoms with van der Waals surface area (Å²) < 4.78 is 26.2. The van der Waals surface area contributed by atoms with Crippen molar-refractivity contribution in [2.24, 2.45) is 0 Å². The van der Waals surface area contributed by atoms with E-state index < -0.39 is 15.3 Å². The first kappa shape index (κ1) is 14.2. The van der Waals surface area contributed by atoms with Gasteiger partial charge in [0.05, 0.1) is 29.4 Å². The van der Waals surface area contributed by atoms with Gasteiger partial charge in [-0.1, -0.05) is 0 Å². The van der Waals surface area contributed by atoms with Crippen LogP contribution in [0.2, 0.25) is 0 Å². The minimum absolute atomic E-state index is 0.187. The summed E-state index contributed by atoms with van der Waals surface area (Å²) in [6.45, 7) is 3.98. The molecule has 0 aliphatic carbocycles. The summed E-state index contributed by atoms with van der Waals surface area (Å²) in [4.78, 5) is 8.53. The Morgan fingerprint density at radius 2 is 2.16 bits per heavy atom. The van der Waals surface area contributed by atoms with Gasteiger partial charge in [-0.3, -0.25) is 4.98 Å². The van der Waals surface area contributed by atoms with Crippen molar-refractivity contribution in [3.63, 3.8) is 0 Å². The van der Waals surface area contributed by atoms with E-state index in [0.29, 0.717) is 18.1 Å². The predicted molar refractivity (Wildman–Crippen MR) is 74.3 cm³/mol. The number of nitrogens with one attached hydrogen (secondary N) is 1. The molecule has 1 aliphatic heterocycles. The van der Waals surface area contributed by atoms with Gasteiger partial charge in [0.15, 0.2) is 0 Å². The molecule has 1 atom stereocenters. The summed E-state index contributed by atoms with van der Waals surface area (Å²) in [5.41, 5.74) is 0.716. The highest BCUT2D eigenvalue weighted by Crippen LogP contribution is 2.34. The van der Waals surface area contributed by atoms with Gasteiger partial charge in [-0.2, -0.15) is 4.31 Å². The third-order valence-corrected chi connectivity index (χ3v) is 5.66. The Balaban J connectivity index is 2.33. The van der Waals surface area contributed by atoms with Crippen LogP contribution in [0.4, 0.5) is 5.82 Å².